The number of carbonyl (C=O) groups is 3. The smallest absolute Gasteiger partial charge is 0.245 e. The monoisotopic (exact) mass is 386 g/mol. The summed E-state index contributed by atoms with van der Waals surface area (Å²) >= 11 is 1.52. The van der Waals surface area contributed by atoms with Gasteiger partial charge in [0.2, 0.25) is 11.8 Å². The first-order valence-corrected chi connectivity index (χ1v) is 9.27. The number of rotatable bonds is 9. The van der Waals surface area contributed by atoms with Crippen LogP contribution in [0.15, 0.2) is 46.9 Å². The van der Waals surface area contributed by atoms with E-state index in [2.05, 4.69) is 15.8 Å². The molecule has 0 radical (unpaired) electrons. The van der Waals surface area contributed by atoms with Crippen molar-refractivity contribution in [1.29, 1.82) is 0 Å². The maximum atomic E-state index is 11.9. The third kappa shape index (κ3) is 7.41. The van der Waals surface area contributed by atoms with Gasteiger partial charge in [-0.25, -0.2) is 5.43 Å². The number of hydrogen-bond donors (Lipinski definition) is 2. The predicted molar refractivity (Wildman–Crippen MR) is 102 cm³/mol. The largest absolute Gasteiger partial charge is 0.550 e. The molecule has 0 unspecified atom stereocenters. The Morgan fingerprint density at radius 2 is 1.81 bits per heavy atom. The summed E-state index contributed by atoms with van der Waals surface area (Å²) in [7, 11) is 0. The van der Waals surface area contributed by atoms with Crippen molar-refractivity contribution >= 4 is 40.5 Å². The number of thiophene rings is 1. The molecule has 8 heteroatoms. The van der Waals surface area contributed by atoms with E-state index in [0.29, 0.717) is 11.4 Å². The minimum atomic E-state index is -1.16. The van der Waals surface area contributed by atoms with Crippen LogP contribution < -0.4 is 15.8 Å². The minimum absolute atomic E-state index is 0.118. The molecule has 2 amide bonds. The lowest BCUT2D eigenvalue weighted by Gasteiger charge is -2.07. The van der Waals surface area contributed by atoms with Gasteiger partial charge in [0.25, 0.3) is 0 Å². The average Bonchev–Trinajstić information content (AvgIpc) is 3.13. The first kappa shape index (κ1) is 20.3. The molecule has 2 rings (SSSR count). The summed E-state index contributed by atoms with van der Waals surface area (Å²) in [6.07, 6.45) is 0.507. The second-order valence-electron chi connectivity index (χ2n) is 5.84. The van der Waals surface area contributed by atoms with Gasteiger partial charge >= 0.3 is 0 Å². The molecule has 0 spiro atoms. The van der Waals surface area contributed by atoms with E-state index in [1.807, 2.05) is 17.5 Å². The van der Waals surface area contributed by atoms with E-state index in [9.17, 15) is 19.5 Å². The van der Waals surface area contributed by atoms with E-state index in [4.69, 9.17) is 0 Å². The summed E-state index contributed by atoms with van der Waals surface area (Å²) in [5.74, 6) is -1.60. The van der Waals surface area contributed by atoms with E-state index in [-0.39, 0.29) is 37.5 Å². The van der Waals surface area contributed by atoms with Crippen LogP contribution in [0, 0.1) is 0 Å². The van der Waals surface area contributed by atoms with Crippen LogP contribution in [0.3, 0.4) is 0 Å². The molecule has 0 saturated heterocycles. The van der Waals surface area contributed by atoms with Crippen LogP contribution in [0.2, 0.25) is 0 Å². The van der Waals surface area contributed by atoms with Crippen LogP contribution in [-0.4, -0.2) is 23.5 Å². The molecule has 2 aromatic rings. The topological polar surface area (TPSA) is 111 Å². The van der Waals surface area contributed by atoms with Gasteiger partial charge in [-0.2, -0.15) is 5.10 Å². The lowest BCUT2D eigenvalue weighted by Crippen LogP contribution is -2.22. The maximum Gasteiger partial charge on any atom is 0.245 e. The van der Waals surface area contributed by atoms with Gasteiger partial charge in [-0.15, -0.1) is 11.3 Å². The van der Waals surface area contributed by atoms with Gasteiger partial charge in [-0.05, 0) is 48.9 Å². The van der Waals surface area contributed by atoms with Crippen molar-refractivity contribution in [2.45, 2.75) is 32.6 Å². The highest BCUT2D eigenvalue weighted by Crippen LogP contribution is 2.12. The van der Waals surface area contributed by atoms with Crippen molar-refractivity contribution in [3.8, 4) is 0 Å². The zero-order chi connectivity index (χ0) is 19.6. The number of anilines is 1. The number of hydrogen-bond acceptors (Lipinski definition) is 6. The summed E-state index contributed by atoms with van der Waals surface area (Å²) in [5.41, 5.74) is 4.58. The highest BCUT2D eigenvalue weighted by Gasteiger charge is 2.05. The van der Waals surface area contributed by atoms with Crippen molar-refractivity contribution < 1.29 is 19.5 Å². The van der Waals surface area contributed by atoms with Gasteiger partial charge in [0.15, 0.2) is 0 Å². The number of nitrogens with zero attached hydrogens (tertiary/aromatic N) is 1. The number of aliphatic carboxylic acids is 1. The van der Waals surface area contributed by atoms with Gasteiger partial charge < -0.3 is 15.2 Å². The fourth-order valence-corrected chi connectivity index (χ4v) is 2.94. The van der Waals surface area contributed by atoms with Gasteiger partial charge in [0.05, 0.1) is 12.1 Å². The fourth-order valence-electron chi connectivity index (χ4n) is 2.23. The molecular weight excluding hydrogens is 366 g/mol. The van der Waals surface area contributed by atoms with Crippen LogP contribution in [-0.2, 0) is 20.8 Å². The number of nitrogens with one attached hydrogen (secondary N) is 2. The predicted octanol–water partition coefficient (Wildman–Crippen LogP) is 1.69. The van der Waals surface area contributed by atoms with Crippen molar-refractivity contribution in [2.75, 3.05) is 5.32 Å². The Bertz CT molecular complexity index is 814. The molecule has 0 aliphatic rings. The molecule has 0 aliphatic carbocycles. The van der Waals surface area contributed by atoms with Crippen molar-refractivity contribution in [2.24, 2.45) is 5.10 Å². The summed E-state index contributed by atoms with van der Waals surface area (Å²) in [4.78, 5) is 34.9. The fraction of sp³-hybridized carbons (Fsp3) is 0.263. The normalized spacial score (nSPS) is 11.1. The van der Waals surface area contributed by atoms with Crippen LogP contribution in [0.1, 0.15) is 36.6 Å². The first-order chi connectivity index (χ1) is 12.9. The Kier molecular flexibility index (Phi) is 7.69. The first-order valence-electron chi connectivity index (χ1n) is 8.39. The number of carbonyl (C=O) groups excluding carboxylic acids is 3. The second kappa shape index (κ2) is 10.2. The summed E-state index contributed by atoms with van der Waals surface area (Å²) < 4.78 is 0. The van der Waals surface area contributed by atoms with E-state index < -0.39 is 5.97 Å². The lowest BCUT2D eigenvalue weighted by molar-refractivity contribution is -0.305. The molecule has 1 aromatic carbocycles. The summed E-state index contributed by atoms with van der Waals surface area (Å²) in [6, 6.07) is 10.8. The zero-order valence-corrected chi connectivity index (χ0v) is 15.7. The van der Waals surface area contributed by atoms with Crippen molar-refractivity contribution in [1.82, 2.24) is 5.43 Å². The van der Waals surface area contributed by atoms with E-state index >= 15 is 0 Å². The van der Waals surface area contributed by atoms with Crippen LogP contribution >= 0.6 is 11.3 Å². The minimum Gasteiger partial charge on any atom is -0.550 e. The molecule has 7 nitrogen and oxygen atoms in total. The van der Waals surface area contributed by atoms with Gasteiger partial charge in [0.1, 0.15) is 0 Å². The Balaban J connectivity index is 1.83. The average molecular weight is 386 g/mol. The van der Waals surface area contributed by atoms with Gasteiger partial charge in [-0.1, -0.05) is 18.2 Å². The molecule has 1 aromatic heterocycles. The SMILES string of the molecule is C/C(=N\NC(=O)Cc1cccs1)c1ccc(NC(=O)CCCC(=O)[O-])cc1. The van der Waals surface area contributed by atoms with E-state index in [1.54, 1.807) is 31.2 Å². The highest BCUT2D eigenvalue weighted by atomic mass is 32.1. The Morgan fingerprint density at radius 1 is 1.07 bits per heavy atom. The van der Waals surface area contributed by atoms with Crippen LogP contribution in [0.25, 0.3) is 0 Å². The molecule has 27 heavy (non-hydrogen) atoms. The second-order valence-corrected chi connectivity index (χ2v) is 6.87. The molecule has 142 valence electrons. The molecule has 0 atom stereocenters. The number of hydrazone groups is 1. The molecule has 0 bridgehead atoms. The number of carboxylic acid groups (broad SMARTS) is 1. The molecule has 1 heterocycles. The van der Waals surface area contributed by atoms with Crippen LogP contribution in [0.4, 0.5) is 5.69 Å². The molecule has 0 fully saturated rings. The highest BCUT2D eigenvalue weighted by molar-refractivity contribution is 7.10. The number of benzene rings is 1. The van der Waals surface area contributed by atoms with Crippen molar-refractivity contribution in [3.63, 3.8) is 0 Å². The van der Waals surface area contributed by atoms with Gasteiger partial charge in [0, 0.05) is 23.0 Å². The number of carboxylic acids is 1. The third-order valence-electron chi connectivity index (χ3n) is 3.63. The van der Waals surface area contributed by atoms with E-state index in [1.165, 1.54) is 11.3 Å². The lowest BCUT2D eigenvalue weighted by atomic mass is 10.1. The Morgan fingerprint density at radius 3 is 2.44 bits per heavy atom. The molecular formula is C19H20N3O4S-. The maximum absolute atomic E-state index is 11.9. The molecule has 0 aliphatic heterocycles. The van der Waals surface area contributed by atoms with E-state index in [0.717, 1.165) is 10.4 Å². The summed E-state index contributed by atoms with van der Waals surface area (Å²) in [5, 5.41) is 19.0. The zero-order valence-electron chi connectivity index (χ0n) is 14.9. The third-order valence-corrected chi connectivity index (χ3v) is 4.51. The molecule has 2 N–H and O–H groups in total. The quantitative estimate of drug-likeness (QED) is 0.505. The van der Waals surface area contributed by atoms with Crippen LogP contribution in [0.5, 0.6) is 0 Å². The Labute approximate surface area is 161 Å². The number of amides is 2. The summed E-state index contributed by atoms with van der Waals surface area (Å²) in [6.45, 7) is 1.78. The molecule has 0 saturated carbocycles. The Hall–Kier alpha value is -3.00. The van der Waals surface area contributed by atoms with Gasteiger partial charge in [-0.3, -0.25) is 9.59 Å². The standard InChI is InChI=1S/C19H21N3O4S/c1-13(21-22-18(24)12-16-4-3-11-27-16)14-7-9-15(10-8-14)20-17(23)5-2-6-19(25)26/h3-4,7-11H,2,5-6,12H2,1H3,(H,20,23)(H,22,24)(H,25,26)/p-1/b21-13+. The van der Waals surface area contributed by atoms with Crippen molar-refractivity contribution in [3.05, 3.63) is 52.2 Å².